The van der Waals surface area contributed by atoms with Gasteiger partial charge in [-0.3, -0.25) is 0 Å². The van der Waals surface area contributed by atoms with Crippen molar-refractivity contribution in [2.45, 2.75) is 23.1 Å². The molecule has 18 heteroatoms. The number of rotatable bonds is 6. The lowest BCUT2D eigenvalue weighted by Crippen LogP contribution is -2.36. The molecule has 0 saturated heterocycles. The lowest BCUT2D eigenvalue weighted by atomic mass is 10.1. The van der Waals surface area contributed by atoms with Crippen LogP contribution < -0.4 is 19.1 Å². The maximum absolute atomic E-state index is 12.7. The number of anilines is 4. The predicted molar refractivity (Wildman–Crippen MR) is 159 cm³/mol. The summed E-state index contributed by atoms with van der Waals surface area (Å²) in [5.41, 5.74) is 1.84. The van der Waals surface area contributed by atoms with Crippen LogP contribution in [0.1, 0.15) is 13.3 Å². The van der Waals surface area contributed by atoms with E-state index >= 15 is 0 Å². The summed E-state index contributed by atoms with van der Waals surface area (Å²) < 4.78 is 53.2. The molecule has 0 unspecified atom stereocenters. The number of aromatic nitrogens is 6. The van der Waals surface area contributed by atoms with Gasteiger partial charge in [-0.25, -0.2) is 55.3 Å². The Hall–Kier alpha value is -4.57. The predicted octanol–water partition coefficient (Wildman–Crippen LogP) is 1.68. The number of fused-ring (bicyclic) bond motifs is 6. The minimum atomic E-state index is -3.78. The average Bonchev–Trinajstić information content (AvgIpc) is 3.01. The van der Waals surface area contributed by atoms with Crippen molar-refractivity contribution >= 4 is 59.5 Å². The first-order chi connectivity index (χ1) is 20.2. The summed E-state index contributed by atoms with van der Waals surface area (Å²) in [6.45, 7) is 5.96. The Bertz CT molecular complexity index is 1890. The third-order valence-electron chi connectivity index (χ3n) is 6.18. The number of nitrogens with one attached hydrogen (secondary N) is 2. The van der Waals surface area contributed by atoms with E-state index in [0.29, 0.717) is 41.4 Å². The zero-order chi connectivity index (χ0) is 30.1. The van der Waals surface area contributed by atoms with Gasteiger partial charge >= 0.3 is 0 Å². The van der Waals surface area contributed by atoms with Crippen LogP contribution in [0.25, 0.3) is 22.5 Å². The van der Waals surface area contributed by atoms with Gasteiger partial charge in [0.1, 0.15) is 21.2 Å². The van der Waals surface area contributed by atoms with E-state index in [4.69, 9.17) is 16.0 Å². The van der Waals surface area contributed by atoms with Gasteiger partial charge in [-0.05, 0) is 30.7 Å². The van der Waals surface area contributed by atoms with E-state index in [1.807, 2.05) is 6.92 Å². The van der Waals surface area contributed by atoms with Crippen molar-refractivity contribution in [3.05, 3.63) is 61.7 Å². The molecule has 14 nitrogen and oxygen atoms in total. The molecule has 0 aliphatic carbocycles. The highest BCUT2D eigenvalue weighted by Crippen LogP contribution is 2.41. The standard InChI is InChI=1S/C12H12BN5O2S.C12H10BN5O2S/c2*1-2-6-18-11-8(4-3-5-14-11)10-9(21(18,19)20)7-15-12(16-10)17-13/h3-5,7H,2,6H2,1H3,(H,15,16,17);2-5,7H,1,6H2,(H,15,16,17). The van der Waals surface area contributed by atoms with Gasteiger partial charge in [0.2, 0.25) is 27.9 Å². The topological polar surface area (TPSA) is 176 Å². The Labute approximate surface area is 245 Å². The maximum Gasteiger partial charge on any atom is 0.269 e. The molecule has 6 heterocycles. The molecular formula is C24H22B2N10O4S2. The normalized spacial score (nSPS) is 15.1. The van der Waals surface area contributed by atoms with Gasteiger partial charge in [-0.1, -0.05) is 13.0 Å². The summed E-state index contributed by atoms with van der Waals surface area (Å²) in [4.78, 5) is 24.5. The van der Waals surface area contributed by atoms with Crippen LogP contribution in [0.5, 0.6) is 0 Å². The number of hydrogen-bond acceptors (Lipinski definition) is 12. The molecular weight excluding hydrogens is 578 g/mol. The van der Waals surface area contributed by atoms with E-state index in [1.165, 1.54) is 33.3 Å². The molecule has 2 N–H and O–H groups in total. The zero-order valence-electron chi connectivity index (χ0n) is 22.2. The fraction of sp³-hybridized carbons (Fsp3) is 0.167. The monoisotopic (exact) mass is 600 g/mol. The van der Waals surface area contributed by atoms with Crippen LogP contribution in [0.2, 0.25) is 0 Å². The first-order valence-corrected chi connectivity index (χ1v) is 15.3. The van der Waals surface area contributed by atoms with Gasteiger partial charge in [0.05, 0.1) is 18.9 Å². The van der Waals surface area contributed by atoms with Crippen LogP contribution >= 0.6 is 0 Å². The molecule has 4 aromatic rings. The molecule has 4 aromatic heterocycles. The molecule has 0 bridgehead atoms. The number of nitrogens with zero attached hydrogens (tertiary/aromatic N) is 8. The molecule has 6 rings (SSSR count). The number of hydrogen-bond donors (Lipinski definition) is 2. The summed E-state index contributed by atoms with van der Waals surface area (Å²) in [6.07, 6.45) is 7.76. The molecule has 0 saturated carbocycles. The Kier molecular flexibility index (Phi) is 7.83. The lowest BCUT2D eigenvalue weighted by molar-refractivity contribution is 0.587. The lowest BCUT2D eigenvalue weighted by Gasteiger charge is -2.29. The van der Waals surface area contributed by atoms with Gasteiger partial charge in [0.25, 0.3) is 20.0 Å². The van der Waals surface area contributed by atoms with E-state index in [0.717, 1.165) is 0 Å². The highest BCUT2D eigenvalue weighted by molar-refractivity contribution is 7.93. The molecule has 0 fully saturated rings. The van der Waals surface area contributed by atoms with Gasteiger partial charge in [-0.15, -0.1) is 6.58 Å². The highest BCUT2D eigenvalue weighted by Gasteiger charge is 2.38. The molecule has 42 heavy (non-hydrogen) atoms. The van der Waals surface area contributed by atoms with Gasteiger partial charge in [0, 0.05) is 30.1 Å². The van der Waals surface area contributed by atoms with Crippen LogP contribution in [0, 0.1) is 0 Å². The van der Waals surface area contributed by atoms with E-state index in [2.05, 4.69) is 46.9 Å². The quantitative estimate of drug-likeness (QED) is 0.242. The number of pyridine rings is 2. The molecule has 2 aliphatic heterocycles. The fourth-order valence-corrected chi connectivity index (χ4v) is 7.52. The molecule has 0 aromatic carbocycles. The Morgan fingerprint density at radius 1 is 0.810 bits per heavy atom. The summed E-state index contributed by atoms with van der Waals surface area (Å²) in [5, 5.41) is 4.62. The minimum absolute atomic E-state index is 0.0175. The fourth-order valence-electron chi connectivity index (χ4n) is 4.40. The SMILES string of the molecule is [B]Nc1ncc2c(n1)-c1cccnc1N(CC=C)S2(=O)=O.[B]Nc1ncc2c(n1)-c1cccnc1N(CCC)S2(=O)=O. The maximum atomic E-state index is 12.7. The third-order valence-corrected chi connectivity index (χ3v) is 9.73. The van der Waals surface area contributed by atoms with E-state index < -0.39 is 20.0 Å². The Morgan fingerprint density at radius 2 is 1.29 bits per heavy atom. The van der Waals surface area contributed by atoms with Gasteiger partial charge < -0.3 is 10.5 Å². The third kappa shape index (κ3) is 4.81. The molecule has 0 amide bonds. The van der Waals surface area contributed by atoms with Crippen LogP contribution in [0.4, 0.5) is 23.5 Å². The minimum Gasteiger partial charge on any atom is -0.407 e. The average molecular weight is 600 g/mol. The van der Waals surface area contributed by atoms with E-state index in [1.54, 1.807) is 30.5 Å². The van der Waals surface area contributed by atoms with Crippen LogP contribution in [0.15, 0.2) is 71.5 Å². The van der Waals surface area contributed by atoms with E-state index in [-0.39, 0.29) is 33.9 Å². The van der Waals surface area contributed by atoms with Crippen LogP contribution in [0.3, 0.4) is 0 Å². The van der Waals surface area contributed by atoms with Crippen molar-refractivity contribution in [3.8, 4) is 22.5 Å². The van der Waals surface area contributed by atoms with E-state index in [9.17, 15) is 16.8 Å². The van der Waals surface area contributed by atoms with Crippen molar-refractivity contribution in [2.24, 2.45) is 0 Å². The molecule has 0 spiro atoms. The van der Waals surface area contributed by atoms with Crippen molar-refractivity contribution < 1.29 is 16.8 Å². The molecule has 4 radical (unpaired) electrons. The molecule has 0 atom stereocenters. The summed E-state index contributed by atoms with van der Waals surface area (Å²) in [5.74, 6) is 0.985. The first-order valence-electron chi connectivity index (χ1n) is 12.4. The summed E-state index contributed by atoms with van der Waals surface area (Å²) >= 11 is 0. The van der Waals surface area contributed by atoms with Crippen LogP contribution in [-0.4, -0.2) is 75.8 Å². The second kappa shape index (κ2) is 11.4. The van der Waals surface area contributed by atoms with Crippen molar-refractivity contribution in [1.29, 1.82) is 0 Å². The summed E-state index contributed by atoms with van der Waals surface area (Å²) in [7, 11) is 3.09. The second-order valence-electron chi connectivity index (χ2n) is 8.75. The van der Waals surface area contributed by atoms with Crippen LogP contribution in [-0.2, 0) is 20.0 Å². The number of sulfonamides is 2. The Balaban J connectivity index is 0.000000168. The molecule has 2 aliphatic rings. The van der Waals surface area contributed by atoms with Crippen molar-refractivity contribution in [3.63, 3.8) is 0 Å². The van der Waals surface area contributed by atoms with Gasteiger partial charge in [-0.2, -0.15) is 0 Å². The second-order valence-corrected chi connectivity index (χ2v) is 12.4. The van der Waals surface area contributed by atoms with Crippen molar-refractivity contribution in [1.82, 2.24) is 29.9 Å². The zero-order valence-corrected chi connectivity index (χ0v) is 23.8. The Morgan fingerprint density at radius 3 is 1.74 bits per heavy atom. The smallest absolute Gasteiger partial charge is 0.269 e. The highest BCUT2D eigenvalue weighted by atomic mass is 32.2. The summed E-state index contributed by atoms with van der Waals surface area (Å²) in [6, 6.07) is 6.98. The first kappa shape index (κ1) is 28.9. The largest absolute Gasteiger partial charge is 0.407 e. The molecule has 210 valence electrons. The van der Waals surface area contributed by atoms with Crippen molar-refractivity contribution in [2.75, 3.05) is 32.2 Å². The van der Waals surface area contributed by atoms with Gasteiger partial charge in [0.15, 0.2) is 11.6 Å².